The summed E-state index contributed by atoms with van der Waals surface area (Å²) < 4.78 is 0. The van der Waals surface area contributed by atoms with E-state index in [1.54, 1.807) is 0 Å². The smallest absolute Gasteiger partial charge is 0.188 e. The Morgan fingerprint density at radius 1 is 1.06 bits per heavy atom. The fourth-order valence-corrected chi connectivity index (χ4v) is 3.00. The van der Waals surface area contributed by atoms with E-state index in [1.165, 1.54) is 64.5 Å². The summed E-state index contributed by atoms with van der Waals surface area (Å²) in [5, 5.41) is 3.34. The van der Waals surface area contributed by atoms with Crippen LogP contribution < -0.4 is 11.1 Å². The SMILES string of the molecule is NC(=NCCN1CCCCCC1)NC1CCCC1. The molecule has 0 aromatic heterocycles. The van der Waals surface area contributed by atoms with Crippen molar-refractivity contribution >= 4 is 5.96 Å². The maximum absolute atomic E-state index is 5.92. The lowest BCUT2D eigenvalue weighted by atomic mass is 10.2. The molecular weight excluding hydrogens is 224 g/mol. The summed E-state index contributed by atoms with van der Waals surface area (Å²) >= 11 is 0. The Balaban J connectivity index is 1.62. The number of nitrogens with one attached hydrogen (secondary N) is 1. The number of likely N-dealkylation sites (tertiary alicyclic amines) is 1. The molecule has 2 rings (SSSR count). The van der Waals surface area contributed by atoms with E-state index < -0.39 is 0 Å². The van der Waals surface area contributed by atoms with Gasteiger partial charge in [0.15, 0.2) is 5.96 Å². The van der Waals surface area contributed by atoms with Gasteiger partial charge in [-0.15, -0.1) is 0 Å². The van der Waals surface area contributed by atoms with E-state index in [0.29, 0.717) is 12.0 Å². The van der Waals surface area contributed by atoms with Crippen LogP contribution >= 0.6 is 0 Å². The van der Waals surface area contributed by atoms with Crippen molar-refractivity contribution < 1.29 is 0 Å². The molecule has 0 aromatic carbocycles. The summed E-state index contributed by atoms with van der Waals surface area (Å²) in [4.78, 5) is 6.98. The molecule has 2 fully saturated rings. The van der Waals surface area contributed by atoms with Gasteiger partial charge in [-0.3, -0.25) is 4.99 Å². The fraction of sp³-hybridized carbons (Fsp3) is 0.929. The first kappa shape index (κ1) is 13.7. The Morgan fingerprint density at radius 3 is 2.39 bits per heavy atom. The maximum Gasteiger partial charge on any atom is 0.188 e. The quantitative estimate of drug-likeness (QED) is 0.591. The highest BCUT2D eigenvalue weighted by Crippen LogP contribution is 2.17. The first-order valence-corrected chi connectivity index (χ1v) is 7.63. The summed E-state index contributed by atoms with van der Waals surface area (Å²) in [7, 11) is 0. The molecule has 1 saturated heterocycles. The van der Waals surface area contributed by atoms with Gasteiger partial charge in [-0.25, -0.2) is 0 Å². The minimum absolute atomic E-state index is 0.576. The van der Waals surface area contributed by atoms with Crippen LogP contribution in [0.5, 0.6) is 0 Å². The molecule has 0 aromatic rings. The van der Waals surface area contributed by atoms with Gasteiger partial charge >= 0.3 is 0 Å². The van der Waals surface area contributed by atoms with Gasteiger partial charge in [0.25, 0.3) is 0 Å². The second-order valence-corrected chi connectivity index (χ2v) is 5.65. The Hall–Kier alpha value is -0.770. The van der Waals surface area contributed by atoms with Crippen LogP contribution in [0.2, 0.25) is 0 Å². The Morgan fingerprint density at radius 2 is 1.72 bits per heavy atom. The standard InChI is InChI=1S/C14H28N4/c15-14(17-13-7-3-4-8-13)16-9-12-18-10-5-1-2-6-11-18/h13H,1-12H2,(H3,15,16,17). The van der Waals surface area contributed by atoms with Crippen molar-refractivity contribution in [2.45, 2.75) is 57.4 Å². The first-order valence-electron chi connectivity index (χ1n) is 7.63. The predicted octanol–water partition coefficient (Wildman–Crippen LogP) is 1.71. The van der Waals surface area contributed by atoms with Crippen LogP contribution in [-0.4, -0.2) is 43.1 Å². The minimum atomic E-state index is 0.576. The van der Waals surface area contributed by atoms with Gasteiger partial charge in [-0.2, -0.15) is 0 Å². The number of nitrogens with zero attached hydrogens (tertiary/aromatic N) is 2. The van der Waals surface area contributed by atoms with Crippen molar-refractivity contribution in [1.82, 2.24) is 10.2 Å². The van der Waals surface area contributed by atoms with Crippen molar-refractivity contribution in [2.75, 3.05) is 26.2 Å². The first-order chi connectivity index (χ1) is 8.84. The van der Waals surface area contributed by atoms with Crippen molar-refractivity contribution in [3.05, 3.63) is 0 Å². The second kappa shape index (κ2) is 7.62. The lowest BCUT2D eigenvalue weighted by Crippen LogP contribution is -2.39. The van der Waals surface area contributed by atoms with E-state index >= 15 is 0 Å². The summed E-state index contributed by atoms with van der Waals surface area (Å²) in [6.07, 6.45) is 10.7. The zero-order valence-electron chi connectivity index (χ0n) is 11.5. The van der Waals surface area contributed by atoms with Gasteiger partial charge in [-0.1, -0.05) is 25.7 Å². The number of hydrogen-bond donors (Lipinski definition) is 2. The van der Waals surface area contributed by atoms with Crippen LogP contribution in [0.3, 0.4) is 0 Å². The van der Waals surface area contributed by atoms with Crippen molar-refractivity contribution in [1.29, 1.82) is 0 Å². The van der Waals surface area contributed by atoms with Crippen LogP contribution in [0.4, 0.5) is 0 Å². The molecule has 0 unspecified atom stereocenters. The molecule has 0 amide bonds. The lowest BCUT2D eigenvalue weighted by molar-refractivity contribution is 0.293. The molecule has 4 nitrogen and oxygen atoms in total. The predicted molar refractivity (Wildman–Crippen MR) is 76.8 cm³/mol. The van der Waals surface area contributed by atoms with E-state index in [2.05, 4.69) is 15.2 Å². The van der Waals surface area contributed by atoms with E-state index in [0.717, 1.165) is 13.1 Å². The van der Waals surface area contributed by atoms with Crippen LogP contribution in [-0.2, 0) is 0 Å². The van der Waals surface area contributed by atoms with Crippen LogP contribution in [0.1, 0.15) is 51.4 Å². The molecule has 1 saturated carbocycles. The van der Waals surface area contributed by atoms with Crippen LogP contribution in [0.25, 0.3) is 0 Å². The van der Waals surface area contributed by atoms with Gasteiger partial charge in [0.05, 0.1) is 6.54 Å². The molecule has 104 valence electrons. The Labute approximate surface area is 111 Å². The molecule has 3 N–H and O–H groups in total. The number of rotatable bonds is 4. The van der Waals surface area contributed by atoms with Gasteiger partial charge in [0.2, 0.25) is 0 Å². The van der Waals surface area contributed by atoms with Gasteiger partial charge in [0.1, 0.15) is 0 Å². The Kier molecular flexibility index (Phi) is 5.78. The highest BCUT2D eigenvalue weighted by Gasteiger charge is 2.14. The third kappa shape index (κ3) is 4.84. The lowest BCUT2D eigenvalue weighted by Gasteiger charge is -2.18. The second-order valence-electron chi connectivity index (χ2n) is 5.65. The minimum Gasteiger partial charge on any atom is -0.370 e. The largest absolute Gasteiger partial charge is 0.370 e. The molecule has 0 spiro atoms. The van der Waals surface area contributed by atoms with E-state index in [9.17, 15) is 0 Å². The fourth-order valence-electron chi connectivity index (χ4n) is 3.00. The van der Waals surface area contributed by atoms with Crippen LogP contribution in [0, 0.1) is 0 Å². The van der Waals surface area contributed by atoms with E-state index in [4.69, 9.17) is 5.73 Å². The zero-order chi connectivity index (χ0) is 12.6. The van der Waals surface area contributed by atoms with E-state index in [1.807, 2.05) is 0 Å². The van der Waals surface area contributed by atoms with E-state index in [-0.39, 0.29) is 0 Å². The molecule has 4 heteroatoms. The average Bonchev–Trinajstić information content (AvgIpc) is 2.72. The van der Waals surface area contributed by atoms with Gasteiger partial charge < -0.3 is 16.0 Å². The van der Waals surface area contributed by atoms with Crippen molar-refractivity contribution in [2.24, 2.45) is 10.7 Å². The summed E-state index contributed by atoms with van der Waals surface area (Å²) in [6.45, 7) is 4.38. The molecule has 2 aliphatic rings. The normalized spacial score (nSPS) is 24.1. The molecule has 1 aliphatic heterocycles. The molecular formula is C14H28N4. The molecule has 0 bridgehead atoms. The number of aliphatic imine (C=N–C) groups is 1. The molecule has 18 heavy (non-hydrogen) atoms. The number of guanidine groups is 1. The Bertz CT molecular complexity index is 251. The molecule has 1 heterocycles. The van der Waals surface area contributed by atoms with Crippen LogP contribution in [0.15, 0.2) is 4.99 Å². The third-order valence-electron chi connectivity index (χ3n) is 4.10. The number of nitrogens with two attached hydrogens (primary N) is 1. The maximum atomic E-state index is 5.92. The highest BCUT2D eigenvalue weighted by atomic mass is 15.2. The van der Waals surface area contributed by atoms with Gasteiger partial charge in [0, 0.05) is 12.6 Å². The molecule has 1 aliphatic carbocycles. The molecule has 0 atom stereocenters. The number of hydrogen-bond acceptors (Lipinski definition) is 2. The monoisotopic (exact) mass is 252 g/mol. The topological polar surface area (TPSA) is 53.6 Å². The van der Waals surface area contributed by atoms with Crippen molar-refractivity contribution in [3.8, 4) is 0 Å². The highest BCUT2D eigenvalue weighted by molar-refractivity contribution is 5.78. The van der Waals surface area contributed by atoms with Gasteiger partial charge in [-0.05, 0) is 38.8 Å². The zero-order valence-corrected chi connectivity index (χ0v) is 11.5. The summed E-state index contributed by atoms with van der Waals surface area (Å²) in [5.41, 5.74) is 5.92. The molecule has 0 radical (unpaired) electrons. The summed E-state index contributed by atoms with van der Waals surface area (Å²) in [6, 6.07) is 0.576. The summed E-state index contributed by atoms with van der Waals surface area (Å²) in [5.74, 6) is 0.650. The third-order valence-corrected chi connectivity index (χ3v) is 4.10. The average molecular weight is 252 g/mol. The van der Waals surface area contributed by atoms with Crippen molar-refractivity contribution in [3.63, 3.8) is 0 Å².